The number of methoxy groups -OCH3 is 2. The Morgan fingerprint density at radius 1 is 1.00 bits per heavy atom. The Kier molecular flexibility index (Phi) is 5.29. The van der Waals surface area contributed by atoms with Crippen LogP contribution in [-0.4, -0.2) is 39.3 Å². The first-order valence-corrected chi connectivity index (χ1v) is 9.59. The summed E-state index contributed by atoms with van der Waals surface area (Å²) in [6.07, 6.45) is 1.80. The van der Waals surface area contributed by atoms with Gasteiger partial charge in [-0.1, -0.05) is 12.1 Å². The monoisotopic (exact) mass is 397 g/mol. The SMILES string of the molecule is COc1ccc(-c2cccc3c2CNC3=O)c(OCCOC(=O)C2CC2)c1OC. The third-order valence-corrected chi connectivity index (χ3v) is 5.12. The summed E-state index contributed by atoms with van der Waals surface area (Å²) in [4.78, 5) is 23.8. The van der Waals surface area contributed by atoms with Crippen LogP contribution in [0.15, 0.2) is 30.3 Å². The number of carbonyl (C=O) groups is 2. The lowest BCUT2D eigenvalue weighted by Crippen LogP contribution is -2.14. The molecule has 0 aromatic heterocycles. The predicted molar refractivity (Wildman–Crippen MR) is 105 cm³/mol. The number of rotatable bonds is 8. The minimum Gasteiger partial charge on any atom is -0.493 e. The van der Waals surface area contributed by atoms with Crippen LogP contribution in [0.2, 0.25) is 0 Å². The van der Waals surface area contributed by atoms with E-state index >= 15 is 0 Å². The van der Waals surface area contributed by atoms with Crippen molar-refractivity contribution >= 4 is 11.9 Å². The van der Waals surface area contributed by atoms with Gasteiger partial charge in [-0.05, 0) is 42.2 Å². The molecule has 2 aromatic carbocycles. The molecule has 152 valence electrons. The highest BCUT2D eigenvalue weighted by Gasteiger charge is 2.31. The van der Waals surface area contributed by atoms with Crippen molar-refractivity contribution in [3.8, 4) is 28.4 Å². The van der Waals surface area contributed by atoms with Crippen LogP contribution in [0.1, 0.15) is 28.8 Å². The summed E-state index contributed by atoms with van der Waals surface area (Å²) in [6.45, 7) is 0.792. The topological polar surface area (TPSA) is 83.1 Å². The van der Waals surface area contributed by atoms with E-state index in [2.05, 4.69) is 5.32 Å². The van der Waals surface area contributed by atoms with Gasteiger partial charge in [-0.25, -0.2) is 0 Å². The van der Waals surface area contributed by atoms with Crippen molar-refractivity contribution < 1.29 is 28.5 Å². The number of carbonyl (C=O) groups excluding carboxylic acids is 2. The molecule has 0 spiro atoms. The van der Waals surface area contributed by atoms with E-state index in [9.17, 15) is 9.59 Å². The Hall–Kier alpha value is -3.22. The van der Waals surface area contributed by atoms with Crippen LogP contribution in [-0.2, 0) is 16.1 Å². The molecule has 1 fully saturated rings. The zero-order chi connectivity index (χ0) is 20.4. The summed E-state index contributed by atoms with van der Waals surface area (Å²) in [5, 5.41) is 2.85. The molecule has 0 radical (unpaired) electrons. The van der Waals surface area contributed by atoms with Crippen LogP contribution in [0.5, 0.6) is 17.2 Å². The Labute approximate surface area is 168 Å². The number of nitrogens with one attached hydrogen (secondary N) is 1. The predicted octanol–water partition coefficient (Wildman–Crippen LogP) is 2.95. The number of hydrogen-bond acceptors (Lipinski definition) is 6. The lowest BCUT2D eigenvalue weighted by atomic mass is 9.95. The molecule has 1 aliphatic heterocycles. The summed E-state index contributed by atoms with van der Waals surface area (Å²) >= 11 is 0. The van der Waals surface area contributed by atoms with E-state index in [-0.39, 0.29) is 31.0 Å². The second kappa shape index (κ2) is 8.03. The van der Waals surface area contributed by atoms with Crippen LogP contribution >= 0.6 is 0 Å². The number of fused-ring (bicyclic) bond motifs is 1. The first-order chi connectivity index (χ1) is 14.1. The van der Waals surface area contributed by atoms with Gasteiger partial charge in [0.15, 0.2) is 11.5 Å². The normalized spacial score (nSPS) is 14.8. The molecule has 7 nitrogen and oxygen atoms in total. The van der Waals surface area contributed by atoms with E-state index in [4.69, 9.17) is 18.9 Å². The lowest BCUT2D eigenvalue weighted by molar-refractivity contribution is -0.145. The molecule has 0 saturated heterocycles. The molecule has 1 aliphatic carbocycles. The van der Waals surface area contributed by atoms with Crippen LogP contribution in [0.4, 0.5) is 0 Å². The molecule has 29 heavy (non-hydrogen) atoms. The van der Waals surface area contributed by atoms with Gasteiger partial charge in [0.2, 0.25) is 5.75 Å². The Balaban J connectivity index is 1.65. The molecular weight excluding hydrogens is 374 g/mol. The van der Waals surface area contributed by atoms with E-state index in [1.165, 1.54) is 0 Å². The van der Waals surface area contributed by atoms with Gasteiger partial charge in [0.05, 0.1) is 20.1 Å². The summed E-state index contributed by atoms with van der Waals surface area (Å²) in [7, 11) is 3.10. The lowest BCUT2D eigenvalue weighted by Gasteiger charge is -2.19. The first kappa shape index (κ1) is 19.1. The fraction of sp³-hybridized carbons (Fsp3) is 0.364. The molecule has 1 saturated carbocycles. The van der Waals surface area contributed by atoms with Crippen molar-refractivity contribution in [2.45, 2.75) is 19.4 Å². The molecule has 2 aliphatic rings. The number of esters is 1. The maximum absolute atomic E-state index is 12.1. The standard InChI is InChI=1S/C22H23NO6/c1-26-18-9-8-15(14-4-3-5-16-17(14)12-23-21(16)24)19(20(18)27-2)28-10-11-29-22(25)13-6-7-13/h3-5,8-9,13H,6-7,10-12H2,1-2H3,(H,23,24). The Morgan fingerprint density at radius 2 is 1.79 bits per heavy atom. The fourth-order valence-corrected chi connectivity index (χ4v) is 3.48. The van der Waals surface area contributed by atoms with E-state index in [0.717, 1.165) is 29.5 Å². The van der Waals surface area contributed by atoms with Crippen molar-refractivity contribution in [3.63, 3.8) is 0 Å². The van der Waals surface area contributed by atoms with E-state index in [1.54, 1.807) is 26.4 Å². The number of amides is 1. The maximum Gasteiger partial charge on any atom is 0.309 e. The van der Waals surface area contributed by atoms with Crippen molar-refractivity contribution in [1.29, 1.82) is 0 Å². The van der Waals surface area contributed by atoms with Gasteiger partial charge < -0.3 is 24.3 Å². The molecule has 0 unspecified atom stereocenters. The van der Waals surface area contributed by atoms with Gasteiger partial charge in [-0.2, -0.15) is 0 Å². The van der Waals surface area contributed by atoms with Crippen molar-refractivity contribution in [2.75, 3.05) is 27.4 Å². The minimum absolute atomic E-state index is 0.0499. The second-order valence-corrected chi connectivity index (χ2v) is 6.98. The smallest absolute Gasteiger partial charge is 0.309 e. The number of hydrogen-bond donors (Lipinski definition) is 1. The molecule has 0 bridgehead atoms. The van der Waals surface area contributed by atoms with Gasteiger partial charge in [-0.15, -0.1) is 0 Å². The van der Waals surface area contributed by atoms with Crippen molar-refractivity contribution in [3.05, 3.63) is 41.5 Å². The van der Waals surface area contributed by atoms with Crippen LogP contribution in [0.3, 0.4) is 0 Å². The summed E-state index contributed by atoms with van der Waals surface area (Å²) in [6, 6.07) is 9.28. The van der Waals surface area contributed by atoms with Gasteiger partial charge >= 0.3 is 5.97 Å². The largest absolute Gasteiger partial charge is 0.493 e. The highest BCUT2D eigenvalue weighted by atomic mass is 16.6. The van der Waals surface area contributed by atoms with Gasteiger partial charge in [-0.3, -0.25) is 9.59 Å². The summed E-state index contributed by atoms with van der Waals surface area (Å²) < 4.78 is 22.2. The van der Waals surface area contributed by atoms with Crippen LogP contribution in [0.25, 0.3) is 11.1 Å². The zero-order valence-electron chi connectivity index (χ0n) is 16.4. The zero-order valence-corrected chi connectivity index (χ0v) is 16.4. The van der Waals surface area contributed by atoms with Crippen LogP contribution < -0.4 is 19.5 Å². The summed E-state index contributed by atoms with van der Waals surface area (Å²) in [5.74, 6) is 1.26. The molecule has 4 rings (SSSR count). The van der Waals surface area contributed by atoms with Crippen molar-refractivity contribution in [2.24, 2.45) is 5.92 Å². The second-order valence-electron chi connectivity index (χ2n) is 6.98. The quantitative estimate of drug-likeness (QED) is 0.545. The van der Waals surface area contributed by atoms with E-state index in [1.807, 2.05) is 18.2 Å². The maximum atomic E-state index is 12.1. The molecule has 1 N–H and O–H groups in total. The van der Waals surface area contributed by atoms with E-state index in [0.29, 0.717) is 29.4 Å². The van der Waals surface area contributed by atoms with Crippen LogP contribution in [0, 0.1) is 5.92 Å². The highest BCUT2D eigenvalue weighted by molar-refractivity contribution is 6.01. The molecule has 2 aromatic rings. The minimum atomic E-state index is -0.170. The van der Waals surface area contributed by atoms with Gasteiger partial charge in [0.25, 0.3) is 5.91 Å². The number of benzene rings is 2. The van der Waals surface area contributed by atoms with Gasteiger partial charge in [0, 0.05) is 17.7 Å². The van der Waals surface area contributed by atoms with Crippen molar-refractivity contribution in [1.82, 2.24) is 5.32 Å². The molecule has 7 heteroatoms. The third kappa shape index (κ3) is 3.72. The molecule has 0 atom stereocenters. The highest BCUT2D eigenvalue weighted by Crippen LogP contribution is 2.46. The van der Waals surface area contributed by atoms with Gasteiger partial charge in [0.1, 0.15) is 13.2 Å². The Morgan fingerprint density at radius 3 is 2.52 bits per heavy atom. The third-order valence-electron chi connectivity index (χ3n) is 5.12. The molecule has 1 heterocycles. The Bertz CT molecular complexity index is 951. The van der Waals surface area contributed by atoms with E-state index < -0.39 is 0 Å². The first-order valence-electron chi connectivity index (χ1n) is 9.59. The number of ether oxygens (including phenoxy) is 4. The fourth-order valence-electron chi connectivity index (χ4n) is 3.48. The average molecular weight is 397 g/mol. The average Bonchev–Trinajstić information content (AvgIpc) is 3.53. The molecule has 1 amide bonds. The molecular formula is C22H23NO6. The summed E-state index contributed by atoms with van der Waals surface area (Å²) in [5.41, 5.74) is 3.23.